The minimum Gasteiger partial charge on any atom is -0.354 e. The van der Waals surface area contributed by atoms with Crippen LogP contribution in [0, 0.1) is 0 Å². The van der Waals surface area contributed by atoms with Gasteiger partial charge < -0.3 is 15.1 Å². The van der Waals surface area contributed by atoms with Crippen molar-refractivity contribution in [2.75, 3.05) is 53.4 Å². The number of hydrogen-bond acceptors (Lipinski definition) is 4. The number of hydrogen-bond donors (Lipinski definition) is 1. The Morgan fingerprint density at radius 2 is 1.80 bits per heavy atom. The first-order chi connectivity index (χ1) is 9.58. The number of nitrogens with zero attached hydrogens (tertiary/aromatic N) is 3. The molecule has 2 fully saturated rings. The minimum absolute atomic E-state index is 0.00580. The molecule has 1 unspecified atom stereocenters. The van der Waals surface area contributed by atoms with E-state index in [1.807, 2.05) is 11.9 Å². The van der Waals surface area contributed by atoms with Crippen LogP contribution in [0.4, 0.5) is 0 Å². The SMILES string of the molecule is CN1CCN(C(=O)CCNC(=O)C2CCCN2C)CC1. The van der Waals surface area contributed by atoms with E-state index in [9.17, 15) is 9.59 Å². The number of piperazine rings is 1. The van der Waals surface area contributed by atoms with E-state index in [1.165, 1.54) is 0 Å². The molecular weight excluding hydrogens is 256 g/mol. The lowest BCUT2D eigenvalue weighted by Crippen LogP contribution is -2.48. The van der Waals surface area contributed by atoms with Crippen molar-refractivity contribution in [3.05, 3.63) is 0 Å². The highest BCUT2D eigenvalue weighted by atomic mass is 16.2. The van der Waals surface area contributed by atoms with Crippen LogP contribution in [-0.2, 0) is 9.59 Å². The van der Waals surface area contributed by atoms with Gasteiger partial charge in [-0.05, 0) is 33.5 Å². The molecule has 1 atom stereocenters. The highest BCUT2D eigenvalue weighted by Gasteiger charge is 2.27. The molecule has 1 N–H and O–H groups in total. The third-order valence-electron chi connectivity index (χ3n) is 4.32. The monoisotopic (exact) mass is 282 g/mol. The number of amides is 2. The molecule has 20 heavy (non-hydrogen) atoms. The average Bonchev–Trinajstić information content (AvgIpc) is 2.85. The van der Waals surface area contributed by atoms with Gasteiger partial charge in [0.2, 0.25) is 11.8 Å². The fourth-order valence-electron chi connectivity index (χ4n) is 2.87. The maximum Gasteiger partial charge on any atom is 0.237 e. The second kappa shape index (κ2) is 7.04. The largest absolute Gasteiger partial charge is 0.354 e. The molecule has 6 nitrogen and oxygen atoms in total. The molecular formula is C14H26N4O2. The van der Waals surface area contributed by atoms with Gasteiger partial charge in [-0.3, -0.25) is 14.5 Å². The third-order valence-corrected chi connectivity index (χ3v) is 4.32. The van der Waals surface area contributed by atoms with Crippen LogP contribution in [0.3, 0.4) is 0 Å². The quantitative estimate of drug-likeness (QED) is 0.745. The van der Waals surface area contributed by atoms with Crippen molar-refractivity contribution < 1.29 is 9.59 Å². The lowest BCUT2D eigenvalue weighted by molar-refractivity contribution is -0.132. The van der Waals surface area contributed by atoms with Gasteiger partial charge in [0.05, 0.1) is 6.04 Å². The standard InChI is InChI=1S/C14H26N4O2/c1-16-8-10-18(11-9-16)13(19)5-6-15-14(20)12-4-3-7-17(12)2/h12H,3-11H2,1-2H3,(H,15,20). The van der Waals surface area contributed by atoms with Crippen molar-refractivity contribution in [1.29, 1.82) is 0 Å². The summed E-state index contributed by atoms with van der Waals surface area (Å²) < 4.78 is 0. The summed E-state index contributed by atoms with van der Waals surface area (Å²) in [7, 11) is 4.05. The number of likely N-dealkylation sites (N-methyl/N-ethyl adjacent to an activating group) is 2. The lowest BCUT2D eigenvalue weighted by Gasteiger charge is -2.32. The molecule has 0 aliphatic carbocycles. The Morgan fingerprint density at radius 3 is 2.40 bits per heavy atom. The van der Waals surface area contributed by atoms with Crippen molar-refractivity contribution in [1.82, 2.24) is 20.0 Å². The van der Waals surface area contributed by atoms with Crippen molar-refractivity contribution in [3.8, 4) is 0 Å². The van der Waals surface area contributed by atoms with Gasteiger partial charge in [-0.15, -0.1) is 0 Å². The second-order valence-electron chi connectivity index (χ2n) is 5.86. The first-order valence-electron chi connectivity index (χ1n) is 7.52. The van der Waals surface area contributed by atoms with Gasteiger partial charge in [0.25, 0.3) is 0 Å². The first-order valence-corrected chi connectivity index (χ1v) is 7.52. The molecule has 2 aliphatic rings. The topological polar surface area (TPSA) is 55.9 Å². The third kappa shape index (κ3) is 3.93. The van der Waals surface area contributed by atoms with Crippen LogP contribution >= 0.6 is 0 Å². The molecule has 0 saturated carbocycles. The van der Waals surface area contributed by atoms with Gasteiger partial charge in [0.15, 0.2) is 0 Å². The minimum atomic E-state index is -0.00580. The zero-order valence-electron chi connectivity index (χ0n) is 12.6. The van der Waals surface area contributed by atoms with Crippen LogP contribution in [0.25, 0.3) is 0 Å². The molecule has 2 saturated heterocycles. The summed E-state index contributed by atoms with van der Waals surface area (Å²) >= 11 is 0. The van der Waals surface area contributed by atoms with Crippen molar-refractivity contribution in [2.24, 2.45) is 0 Å². The molecule has 2 amide bonds. The summed E-state index contributed by atoms with van der Waals surface area (Å²) in [5.41, 5.74) is 0. The molecule has 0 aromatic heterocycles. The predicted molar refractivity (Wildman–Crippen MR) is 77.4 cm³/mol. The van der Waals surface area contributed by atoms with Gasteiger partial charge in [0.1, 0.15) is 0 Å². The van der Waals surface area contributed by atoms with E-state index in [0.29, 0.717) is 13.0 Å². The Labute approximate surface area is 121 Å². The van der Waals surface area contributed by atoms with Crippen molar-refractivity contribution in [2.45, 2.75) is 25.3 Å². The van der Waals surface area contributed by atoms with Crippen LogP contribution in [0.15, 0.2) is 0 Å². The van der Waals surface area contributed by atoms with Crippen LogP contribution in [0.1, 0.15) is 19.3 Å². The molecule has 0 spiro atoms. The number of likely N-dealkylation sites (tertiary alicyclic amines) is 1. The van der Waals surface area contributed by atoms with Gasteiger partial charge in [-0.2, -0.15) is 0 Å². The van der Waals surface area contributed by atoms with Crippen LogP contribution < -0.4 is 5.32 Å². The first kappa shape index (κ1) is 15.3. The summed E-state index contributed by atoms with van der Waals surface area (Å²) in [5.74, 6) is 0.217. The molecule has 2 rings (SSSR count). The van der Waals surface area contributed by atoms with Crippen LogP contribution in [0.5, 0.6) is 0 Å². The molecule has 2 aliphatic heterocycles. The van der Waals surface area contributed by atoms with Gasteiger partial charge in [0, 0.05) is 39.1 Å². The number of carbonyl (C=O) groups excluding carboxylic acids is 2. The smallest absolute Gasteiger partial charge is 0.237 e. The molecule has 2 heterocycles. The molecule has 114 valence electrons. The second-order valence-corrected chi connectivity index (χ2v) is 5.86. The maximum absolute atomic E-state index is 12.0. The highest BCUT2D eigenvalue weighted by molar-refractivity contribution is 5.83. The van der Waals surface area contributed by atoms with Crippen LogP contribution in [-0.4, -0.2) is 85.9 Å². The molecule has 6 heteroatoms. The molecule has 0 bridgehead atoms. The van der Waals surface area contributed by atoms with Crippen molar-refractivity contribution in [3.63, 3.8) is 0 Å². The Morgan fingerprint density at radius 1 is 1.10 bits per heavy atom. The Bertz CT molecular complexity index is 353. The summed E-state index contributed by atoms with van der Waals surface area (Å²) in [5, 5.41) is 2.90. The zero-order chi connectivity index (χ0) is 14.5. The van der Waals surface area contributed by atoms with Gasteiger partial charge >= 0.3 is 0 Å². The fraction of sp³-hybridized carbons (Fsp3) is 0.857. The normalized spacial score (nSPS) is 24.9. The highest BCUT2D eigenvalue weighted by Crippen LogP contribution is 2.14. The molecule has 0 aromatic carbocycles. The Hall–Kier alpha value is -1.14. The summed E-state index contributed by atoms with van der Waals surface area (Å²) in [6, 6.07) is -0.00580. The average molecular weight is 282 g/mol. The van der Waals surface area contributed by atoms with E-state index >= 15 is 0 Å². The van der Waals surface area contributed by atoms with Crippen LogP contribution in [0.2, 0.25) is 0 Å². The van der Waals surface area contributed by atoms with E-state index in [2.05, 4.69) is 22.2 Å². The Kier molecular flexibility index (Phi) is 5.37. The molecule has 0 radical (unpaired) electrons. The number of nitrogens with one attached hydrogen (secondary N) is 1. The van der Waals surface area contributed by atoms with Gasteiger partial charge in [-0.25, -0.2) is 0 Å². The fourth-order valence-corrected chi connectivity index (χ4v) is 2.87. The van der Waals surface area contributed by atoms with E-state index in [-0.39, 0.29) is 17.9 Å². The van der Waals surface area contributed by atoms with Gasteiger partial charge in [-0.1, -0.05) is 0 Å². The van der Waals surface area contributed by atoms with E-state index < -0.39 is 0 Å². The summed E-state index contributed by atoms with van der Waals surface area (Å²) in [4.78, 5) is 30.2. The van der Waals surface area contributed by atoms with E-state index in [1.54, 1.807) is 0 Å². The predicted octanol–water partition coefficient (Wildman–Crippen LogP) is -0.639. The lowest BCUT2D eigenvalue weighted by atomic mass is 10.2. The molecule has 0 aromatic rings. The Balaban J connectivity index is 1.65. The summed E-state index contributed by atoms with van der Waals surface area (Å²) in [6.45, 7) is 4.91. The van der Waals surface area contributed by atoms with E-state index in [4.69, 9.17) is 0 Å². The zero-order valence-corrected chi connectivity index (χ0v) is 12.6. The van der Waals surface area contributed by atoms with Crippen molar-refractivity contribution >= 4 is 11.8 Å². The maximum atomic E-state index is 12.0. The number of rotatable bonds is 4. The van der Waals surface area contributed by atoms with E-state index in [0.717, 1.165) is 45.6 Å². The number of carbonyl (C=O) groups is 2. The summed E-state index contributed by atoms with van der Waals surface area (Å²) in [6.07, 6.45) is 2.41.